The average Bonchev–Trinajstić information content (AvgIpc) is 3.42. The Bertz CT molecular complexity index is 1670. The van der Waals surface area contributed by atoms with Crippen molar-refractivity contribution < 1.29 is 66.7 Å². The molecule has 1 aliphatic carbocycles. The Morgan fingerprint density at radius 2 is 1.34 bits per heavy atom. The molecule has 0 aromatic heterocycles. The van der Waals surface area contributed by atoms with Gasteiger partial charge in [-0.1, -0.05) is 61.2 Å². The summed E-state index contributed by atoms with van der Waals surface area (Å²) < 4.78 is 37.5. The number of nitrogens with one attached hydrogen (secondary N) is 3. The summed E-state index contributed by atoms with van der Waals surface area (Å²) in [7, 11) is 0. The fourth-order valence-corrected chi connectivity index (χ4v) is 5.96. The molecule has 1 heterocycles. The first-order valence-electron chi connectivity index (χ1n) is 16.5. The van der Waals surface area contributed by atoms with Crippen LogP contribution in [-0.2, 0) is 57.1 Å². The highest BCUT2D eigenvalue weighted by atomic mass is 16.6. The van der Waals surface area contributed by atoms with Crippen molar-refractivity contribution in [3.05, 3.63) is 72.3 Å². The molecule has 0 unspecified atom stereocenters. The van der Waals surface area contributed by atoms with E-state index in [2.05, 4.69) is 22.5 Å². The second kappa shape index (κ2) is 18.5. The second-order valence-electron chi connectivity index (χ2n) is 12.0. The van der Waals surface area contributed by atoms with Gasteiger partial charge in [0.25, 0.3) is 0 Å². The van der Waals surface area contributed by atoms with Crippen molar-refractivity contribution in [3.63, 3.8) is 0 Å². The molecule has 6 atom stereocenters. The molecule has 17 heteroatoms. The van der Waals surface area contributed by atoms with Crippen molar-refractivity contribution in [1.29, 1.82) is 0 Å². The Kier molecular flexibility index (Phi) is 13.9. The average molecular weight is 740 g/mol. The van der Waals surface area contributed by atoms with Gasteiger partial charge in [-0.15, -0.1) is 0 Å². The lowest BCUT2D eigenvalue weighted by molar-refractivity contribution is -0.226. The molecule has 3 N–H and O–H groups in total. The van der Waals surface area contributed by atoms with Crippen LogP contribution in [0.25, 0.3) is 11.1 Å². The fourth-order valence-electron chi connectivity index (χ4n) is 5.96. The number of carbonyl (C=O) groups is 7. The number of alkyl carbamates (subject to hydrolysis) is 2. The van der Waals surface area contributed by atoms with Gasteiger partial charge < -0.3 is 43.8 Å². The van der Waals surface area contributed by atoms with Crippen LogP contribution in [0.3, 0.4) is 0 Å². The summed E-state index contributed by atoms with van der Waals surface area (Å²) in [6.45, 7) is 6.35. The maximum atomic E-state index is 13.1. The van der Waals surface area contributed by atoms with E-state index in [-0.39, 0.29) is 19.1 Å². The second-order valence-corrected chi connectivity index (χ2v) is 12.0. The van der Waals surface area contributed by atoms with Crippen molar-refractivity contribution in [2.75, 3.05) is 26.4 Å². The summed E-state index contributed by atoms with van der Waals surface area (Å²) in [5.74, 6) is -4.25. The summed E-state index contributed by atoms with van der Waals surface area (Å²) in [6, 6.07) is 12.5. The van der Waals surface area contributed by atoms with E-state index in [4.69, 9.17) is 33.2 Å². The van der Waals surface area contributed by atoms with Gasteiger partial charge in [0, 0.05) is 33.6 Å². The molecule has 3 amide bonds. The summed E-state index contributed by atoms with van der Waals surface area (Å²) in [4.78, 5) is 86.9. The summed E-state index contributed by atoms with van der Waals surface area (Å²) in [5.41, 5.74) is 3.97. The standard InChI is InChI=1S/C36H41N3O14/c1-6-15-47-34(44)28(38-35(45)49-16-27-25-13-9-7-11-23(25)24-12-8-10-14-26(24)27)17-50-36(46)39-33-30(37-19(2)40)32(52-22(5)43)31(51-21(4)42)29(53-33)18-48-20(3)41/h6-14,27-33H,1,15-18H2,2-5H3,(H,37,40)(H,38,45)(H,39,46)/t28-,29+,30+,31+,32+,33+/m0/s1. The van der Waals surface area contributed by atoms with Crippen LogP contribution in [0.4, 0.5) is 9.59 Å². The first-order valence-corrected chi connectivity index (χ1v) is 16.5. The number of carbonyl (C=O) groups excluding carboxylic acids is 7. The molecule has 4 rings (SSSR count). The van der Waals surface area contributed by atoms with E-state index in [1.165, 1.54) is 6.08 Å². The number of esters is 4. The Balaban J connectivity index is 1.46. The topological polar surface area (TPSA) is 220 Å². The van der Waals surface area contributed by atoms with Gasteiger partial charge in [-0.2, -0.15) is 0 Å². The molecule has 0 spiro atoms. The Labute approximate surface area is 304 Å². The SMILES string of the molecule is C=CCOC(=O)[C@H](COC(=O)N[C@@H]1O[C@H](COC(C)=O)[C@@H](OC(C)=O)[C@H](OC(C)=O)[C@H]1NC(C)=O)NC(=O)OCC1c2ccccc2-c2ccccc21. The Morgan fingerprint density at radius 1 is 0.736 bits per heavy atom. The number of ether oxygens (including phenoxy) is 7. The monoisotopic (exact) mass is 739 g/mol. The molecule has 284 valence electrons. The highest BCUT2D eigenvalue weighted by Crippen LogP contribution is 2.44. The summed E-state index contributed by atoms with van der Waals surface area (Å²) in [6.07, 6.45) is -6.60. The van der Waals surface area contributed by atoms with Crippen LogP contribution < -0.4 is 16.0 Å². The van der Waals surface area contributed by atoms with Gasteiger partial charge in [0.1, 0.15) is 38.6 Å². The van der Waals surface area contributed by atoms with Crippen molar-refractivity contribution in [1.82, 2.24) is 16.0 Å². The van der Waals surface area contributed by atoms with E-state index >= 15 is 0 Å². The van der Waals surface area contributed by atoms with Gasteiger partial charge in [0.15, 0.2) is 24.5 Å². The zero-order valence-electron chi connectivity index (χ0n) is 29.5. The van der Waals surface area contributed by atoms with Gasteiger partial charge >= 0.3 is 36.1 Å². The Morgan fingerprint density at radius 3 is 1.91 bits per heavy atom. The largest absolute Gasteiger partial charge is 0.463 e. The predicted molar refractivity (Wildman–Crippen MR) is 182 cm³/mol. The van der Waals surface area contributed by atoms with Crippen molar-refractivity contribution in [3.8, 4) is 11.1 Å². The van der Waals surface area contributed by atoms with Crippen LogP contribution in [0.15, 0.2) is 61.2 Å². The van der Waals surface area contributed by atoms with E-state index in [1.807, 2.05) is 48.5 Å². The molecule has 1 saturated heterocycles. The molecular formula is C36H41N3O14. The van der Waals surface area contributed by atoms with Gasteiger partial charge in [-0.25, -0.2) is 14.4 Å². The van der Waals surface area contributed by atoms with Crippen LogP contribution >= 0.6 is 0 Å². The number of hydrogen-bond acceptors (Lipinski definition) is 14. The molecule has 1 aliphatic heterocycles. The number of fused-ring (bicyclic) bond motifs is 3. The van der Waals surface area contributed by atoms with Gasteiger partial charge in [-0.05, 0) is 22.3 Å². The minimum atomic E-state index is -1.55. The minimum absolute atomic E-state index is 0.0640. The van der Waals surface area contributed by atoms with Crippen LogP contribution in [0.1, 0.15) is 44.7 Å². The molecule has 2 aliphatic rings. The maximum Gasteiger partial charge on any atom is 0.409 e. The van der Waals surface area contributed by atoms with Crippen LogP contribution in [-0.4, -0.2) is 105 Å². The molecular weight excluding hydrogens is 698 g/mol. The van der Waals surface area contributed by atoms with Crippen molar-refractivity contribution in [2.24, 2.45) is 0 Å². The minimum Gasteiger partial charge on any atom is -0.463 e. The molecule has 0 radical (unpaired) electrons. The molecule has 53 heavy (non-hydrogen) atoms. The van der Waals surface area contributed by atoms with E-state index in [1.54, 1.807) is 0 Å². The van der Waals surface area contributed by atoms with E-state index in [9.17, 15) is 33.6 Å². The number of benzene rings is 2. The molecule has 1 fully saturated rings. The third-order valence-electron chi connectivity index (χ3n) is 8.02. The van der Waals surface area contributed by atoms with Crippen LogP contribution in [0, 0.1) is 0 Å². The highest BCUT2D eigenvalue weighted by molar-refractivity contribution is 5.83. The number of hydrogen-bond donors (Lipinski definition) is 3. The third-order valence-corrected chi connectivity index (χ3v) is 8.02. The van der Waals surface area contributed by atoms with Gasteiger partial charge in [0.05, 0.1) is 0 Å². The molecule has 2 aromatic rings. The predicted octanol–water partition coefficient (Wildman–Crippen LogP) is 2.01. The quantitative estimate of drug-likeness (QED) is 0.143. The summed E-state index contributed by atoms with van der Waals surface area (Å²) >= 11 is 0. The smallest absolute Gasteiger partial charge is 0.409 e. The molecule has 2 aromatic carbocycles. The third kappa shape index (κ3) is 10.8. The molecule has 0 bridgehead atoms. The number of rotatable bonds is 14. The van der Waals surface area contributed by atoms with Crippen LogP contribution in [0.2, 0.25) is 0 Å². The summed E-state index contributed by atoms with van der Waals surface area (Å²) in [5, 5.41) is 7.21. The molecule has 0 saturated carbocycles. The highest BCUT2D eigenvalue weighted by Gasteiger charge is 2.51. The molecule has 17 nitrogen and oxygen atoms in total. The maximum absolute atomic E-state index is 13.1. The van der Waals surface area contributed by atoms with E-state index in [0.717, 1.165) is 49.9 Å². The van der Waals surface area contributed by atoms with Crippen molar-refractivity contribution >= 4 is 42.0 Å². The first-order chi connectivity index (χ1) is 25.3. The number of amides is 3. The van der Waals surface area contributed by atoms with Gasteiger partial charge in [-0.3, -0.25) is 24.5 Å². The first kappa shape index (κ1) is 39.8. The zero-order chi connectivity index (χ0) is 38.7. The van der Waals surface area contributed by atoms with E-state index in [0.29, 0.717) is 0 Å². The fraction of sp³-hybridized carbons (Fsp3) is 0.417. The lowest BCUT2D eigenvalue weighted by atomic mass is 9.95. The Hall–Kier alpha value is -5.97. The van der Waals surface area contributed by atoms with Gasteiger partial charge in [0.2, 0.25) is 5.91 Å². The zero-order valence-corrected chi connectivity index (χ0v) is 29.5. The van der Waals surface area contributed by atoms with Crippen molar-refractivity contribution in [2.45, 2.75) is 70.2 Å². The van der Waals surface area contributed by atoms with Crippen LogP contribution in [0.5, 0.6) is 0 Å². The lowest BCUT2D eigenvalue weighted by Crippen LogP contribution is -2.69. The normalized spacial score (nSPS) is 20.6. The lowest BCUT2D eigenvalue weighted by Gasteiger charge is -2.45. The van der Waals surface area contributed by atoms with E-state index < -0.39 is 91.8 Å².